The van der Waals surface area contributed by atoms with Gasteiger partial charge in [0.2, 0.25) is 5.91 Å². The molecule has 0 spiro atoms. The summed E-state index contributed by atoms with van der Waals surface area (Å²) in [6.07, 6.45) is -3.43. The fourth-order valence-corrected chi connectivity index (χ4v) is 5.17. The van der Waals surface area contributed by atoms with E-state index in [1.807, 2.05) is 0 Å². The molecule has 7 nitrogen and oxygen atoms in total. The number of carbonyl (C=O) groups is 3. The van der Waals surface area contributed by atoms with Crippen LogP contribution in [0.2, 0.25) is 5.02 Å². The number of aromatic nitrogens is 1. The Hall–Kier alpha value is -3.14. The van der Waals surface area contributed by atoms with E-state index >= 15 is 0 Å². The Morgan fingerprint density at radius 3 is 2.56 bits per heavy atom. The van der Waals surface area contributed by atoms with E-state index < -0.39 is 34.7 Å². The first-order chi connectivity index (χ1) is 16.0. The monoisotopic (exact) mass is 493 g/mol. The van der Waals surface area contributed by atoms with Crippen molar-refractivity contribution in [3.05, 3.63) is 58.4 Å². The molecule has 1 unspecified atom stereocenters. The van der Waals surface area contributed by atoms with Gasteiger partial charge in [-0.3, -0.25) is 19.4 Å². The van der Waals surface area contributed by atoms with E-state index in [-0.39, 0.29) is 24.7 Å². The quantitative estimate of drug-likeness (QED) is 0.665. The van der Waals surface area contributed by atoms with Gasteiger partial charge in [0, 0.05) is 16.8 Å². The van der Waals surface area contributed by atoms with Gasteiger partial charge in [-0.25, -0.2) is 0 Å². The van der Waals surface area contributed by atoms with Crippen molar-refractivity contribution in [2.75, 3.05) is 0 Å². The van der Waals surface area contributed by atoms with Crippen molar-refractivity contribution in [3.63, 3.8) is 0 Å². The van der Waals surface area contributed by atoms with Gasteiger partial charge in [-0.2, -0.15) is 13.2 Å². The summed E-state index contributed by atoms with van der Waals surface area (Å²) in [6, 6.07) is 6.80. The zero-order valence-electron chi connectivity index (χ0n) is 17.7. The lowest BCUT2D eigenvalue weighted by Crippen LogP contribution is -2.79. The molecule has 1 aliphatic heterocycles. The van der Waals surface area contributed by atoms with Crippen molar-refractivity contribution >= 4 is 29.2 Å². The number of ether oxygens (including phenoxy) is 1. The van der Waals surface area contributed by atoms with E-state index in [2.05, 4.69) is 15.6 Å². The van der Waals surface area contributed by atoms with E-state index in [4.69, 9.17) is 16.3 Å². The van der Waals surface area contributed by atoms with Crippen LogP contribution in [0.25, 0.3) is 0 Å². The molecule has 4 aliphatic rings. The van der Waals surface area contributed by atoms with E-state index in [0.29, 0.717) is 41.3 Å². The van der Waals surface area contributed by atoms with Crippen molar-refractivity contribution in [1.29, 1.82) is 0 Å². The average Bonchev–Trinajstić information content (AvgIpc) is 2.73. The molecular weight excluding hydrogens is 475 g/mol. The second-order valence-corrected chi connectivity index (χ2v) is 9.61. The third-order valence-corrected chi connectivity index (χ3v) is 6.89. The number of rotatable bonds is 5. The lowest BCUT2D eigenvalue weighted by atomic mass is 9.39. The van der Waals surface area contributed by atoms with Gasteiger partial charge >= 0.3 is 6.18 Å². The fraction of sp³-hybridized carbons (Fsp3) is 0.391. The van der Waals surface area contributed by atoms with E-state index in [9.17, 15) is 27.6 Å². The second kappa shape index (κ2) is 7.69. The van der Waals surface area contributed by atoms with Gasteiger partial charge in [0.1, 0.15) is 5.75 Å². The molecule has 0 saturated heterocycles. The van der Waals surface area contributed by atoms with Crippen LogP contribution in [0.5, 0.6) is 5.75 Å². The molecule has 1 aromatic heterocycles. The molecule has 6 rings (SSSR count). The number of hydrogen-bond donors (Lipinski definition) is 2. The Morgan fingerprint density at radius 2 is 1.91 bits per heavy atom. The number of benzene rings is 1. The molecule has 2 aromatic rings. The maximum atomic E-state index is 12.7. The molecule has 2 bridgehead atoms. The minimum absolute atomic E-state index is 0.0134. The van der Waals surface area contributed by atoms with Gasteiger partial charge in [0.15, 0.2) is 11.9 Å². The number of halogens is 4. The summed E-state index contributed by atoms with van der Waals surface area (Å²) in [5, 5.41) is 6.05. The standard InChI is InChI=1S/C23H19ClF3N3O4/c24-13-2-4-17-15(5-13)16(31)6-18(34-17)19(32)30-22-9-21(10-22,11-22)20(33)29-8-14-3-1-12(7-28-14)23(25,26)27/h1-5,7,18H,6,8-11H2,(H,29,33)(H,30,32). The number of hydrogen-bond acceptors (Lipinski definition) is 5. The first-order valence-electron chi connectivity index (χ1n) is 10.6. The molecule has 1 aromatic carbocycles. The smallest absolute Gasteiger partial charge is 0.417 e. The number of pyridine rings is 1. The van der Waals surface area contributed by atoms with Crippen LogP contribution in [0, 0.1) is 5.41 Å². The molecule has 2 heterocycles. The van der Waals surface area contributed by atoms with E-state index in [1.165, 1.54) is 12.1 Å². The Bertz CT molecular complexity index is 1180. The molecule has 178 valence electrons. The number of carbonyl (C=O) groups excluding carboxylic acids is 3. The van der Waals surface area contributed by atoms with Crippen molar-refractivity contribution in [2.45, 2.75) is 50.0 Å². The first kappa shape index (κ1) is 22.6. The largest absolute Gasteiger partial charge is 0.479 e. The highest BCUT2D eigenvalue weighted by atomic mass is 35.5. The van der Waals surface area contributed by atoms with Gasteiger partial charge in [0.05, 0.1) is 35.2 Å². The van der Waals surface area contributed by atoms with Gasteiger partial charge in [-0.05, 0) is 49.6 Å². The molecule has 0 radical (unpaired) electrons. The number of Topliss-reactive ketones (excluding diaryl/α,β-unsaturated/α-hetero) is 1. The lowest BCUT2D eigenvalue weighted by Gasteiger charge is -2.69. The molecule has 11 heteroatoms. The molecular formula is C23H19ClF3N3O4. The normalized spacial score (nSPS) is 26.9. The molecule has 2 N–H and O–H groups in total. The zero-order valence-corrected chi connectivity index (χ0v) is 18.4. The van der Waals surface area contributed by atoms with Crippen LogP contribution in [0.1, 0.15) is 47.3 Å². The zero-order chi connectivity index (χ0) is 24.3. The minimum Gasteiger partial charge on any atom is -0.479 e. The Kier molecular flexibility index (Phi) is 5.12. The fourth-order valence-electron chi connectivity index (χ4n) is 5.00. The maximum Gasteiger partial charge on any atom is 0.417 e. The van der Waals surface area contributed by atoms with E-state index in [0.717, 1.165) is 12.3 Å². The number of alkyl halides is 3. The van der Waals surface area contributed by atoms with Gasteiger partial charge in [-0.1, -0.05) is 11.6 Å². The molecule has 3 saturated carbocycles. The Morgan fingerprint density at radius 1 is 1.18 bits per heavy atom. The predicted octanol–water partition coefficient (Wildman–Crippen LogP) is 3.44. The third-order valence-electron chi connectivity index (χ3n) is 6.66. The van der Waals surface area contributed by atoms with Crippen molar-refractivity contribution in [2.24, 2.45) is 5.41 Å². The third kappa shape index (κ3) is 3.89. The maximum absolute atomic E-state index is 12.7. The summed E-state index contributed by atoms with van der Waals surface area (Å²) in [5.41, 5.74) is -1.30. The summed E-state index contributed by atoms with van der Waals surface area (Å²) >= 11 is 5.91. The molecule has 34 heavy (non-hydrogen) atoms. The molecule has 2 amide bonds. The number of fused-ring (bicyclic) bond motifs is 1. The van der Waals surface area contributed by atoms with Crippen LogP contribution >= 0.6 is 11.6 Å². The van der Waals surface area contributed by atoms with Crippen LogP contribution in [-0.4, -0.2) is 34.2 Å². The van der Waals surface area contributed by atoms with Gasteiger partial charge in [-0.15, -0.1) is 0 Å². The van der Waals surface area contributed by atoms with Crippen molar-refractivity contribution < 1.29 is 32.3 Å². The summed E-state index contributed by atoms with van der Waals surface area (Å²) in [5.74, 6) is -0.544. The average molecular weight is 494 g/mol. The summed E-state index contributed by atoms with van der Waals surface area (Å²) < 4.78 is 43.6. The van der Waals surface area contributed by atoms with Gasteiger partial charge < -0.3 is 15.4 Å². The van der Waals surface area contributed by atoms with Crippen molar-refractivity contribution in [3.8, 4) is 5.75 Å². The Labute approximate surface area is 197 Å². The van der Waals surface area contributed by atoms with Crippen LogP contribution in [0.15, 0.2) is 36.5 Å². The predicted molar refractivity (Wildman–Crippen MR) is 113 cm³/mol. The number of nitrogens with zero attached hydrogens (tertiary/aromatic N) is 1. The second-order valence-electron chi connectivity index (χ2n) is 9.17. The van der Waals surface area contributed by atoms with Crippen LogP contribution in [0.3, 0.4) is 0 Å². The number of ketones is 1. The number of amides is 2. The molecule has 3 aliphatic carbocycles. The highest BCUT2D eigenvalue weighted by Gasteiger charge is 2.72. The highest BCUT2D eigenvalue weighted by molar-refractivity contribution is 6.31. The summed E-state index contributed by atoms with van der Waals surface area (Å²) in [4.78, 5) is 41.5. The topological polar surface area (TPSA) is 97.4 Å². The highest BCUT2D eigenvalue weighted by Crippen LogP contribution is 2.67. The minimum atomic E-state index is -4.47. The number of nitrogens with one attached hydrogen (secondary N) is 2. The van der Waals surface area contributed by atoms with Gasteiger partial charge in [0.25, 0.3) is 5.91 Å². The molecule has 3 fully saturated rings. The van der Waals surface area contributed by atoms with Crippen molar-refractivity contribution in [1.82, 2.24) is 15.6 Å². The summed E-state index contributed by atoms with van der Waals surface area (Å²) in [7, 11) is 0. The Balaban J connectivity index is 1.12. The first-order valence-corrected chi connectivity index (χ1v) is 11.0. The van der Waals surface area contributed by atoms with Crippen LogP contribution in [0.4, 0.5) is 13.2 Å². The summed E-state index contributed by atoms with van der Waals surface area (Å²) in [6.45, 7) is 0.0134. The van der Waals surface area contributed by atoms with E-state index in [1.54, 1.807) is 12.1 Å². The van der Waals surface area contributed by atoms with Crippen LogP contribution in [-0.2, 0) is 22.3 Å². The molecule has 1 atom stereocenters. The van der Waals surface area contributed by atoms with Crippen LogP contribution < -0.4 is 15.4 Å². The SMILES string of the molecule is O=C1CC(C(=O)NC23CC(C(=O)NCc4ccc(C(F)(F)F)cn4)(C2)C3)Oc2ccc(Cl)cc21. The lowest BCUT2D eigenvalue weighted by molar-refractivity contribution is -0.185.